The monoisotopic (exact) mass is 473 g/mol. The van der Waals surface area contributed by atoms with Crippen LogP contribution in [0.4, 0.5) is 0 Å². The second kappa shape index (κ2) is 11.4. The van der Waals surface area contributed by atoms with E-state index in [4.69, 9.17) is 4.74 Å². The van der Waals surface area contributed by atoms with Crippen LogP contribution < -0.4 is 10.1 Å². The Hall–Kier alpha value is -2.06. The zero-order valence-electron chi connectivity index (χ0n) is 16.6. The summed E-state index contributed by atoms with van der Waals surface area (Å²) < 4.78 is 6.00. The number of nitrogens with zero attached hydrogens (tertiary/aromatic N) is 3. The summed E-state index contributed by atoms with van der Waals surface area (Å²) in [6.45, 7) is 4.33. The number of nitrogens with one attached hydrogen (secondary N) is 2. The van der Waals surface area contributed by atoms with Crippen molar-refractivity contribution in [2.45, 2.75) is 44.9 Å². The maximum atomic E-state index is 10.4. The van der Waals surface area contributed by atoms with Gasteiger partial charge in [0.2, 0.25) is 5.88 Å². The average Bonchev–Trinajstić information content (AvgIpc) is 3.16. The Balaban J connectivity index is 0.00000150. The van der Waals surface area contributed by atoms with Crippen LogP contribution in [0.2, 0.25) is 0 Å². The van der Waals surface area contributed by atoms with E-state index < -0.39 is 0 Å². The van der Waals surface area contributed by atoms with Gasteiger partial charge in [-0.25, -0.2) is 0 Å². The van der Waals surface area contributed by atoms with Crippen LogP contribution in [0.3, 0.4) is 0 Å². The SMILES string of the molecule is CC1CC(Oc2ccc(-c3ccc(-c4cn[nH]c4)cc3O)nn2)CC(C)N1.Cl.Cl.Cl. The van der Waals surface area contributed by atoms with Crippen LogP contribution in [0.25, 0.3) is 22.4 Å². The van der Waals surface area contributed by atoms with Crippen molar-refractivity contribution in [3.05, 3.63) is 42.7 Å². The van der Waals surface area contributed by atoms with Crippen molar-refractivity contribution in [1.29, 1.82) is 0 Å². The Labute approximate surface area is 194 Å². The summed E-state index contributed by atoms with van der Waals surface area (Å²) in [6, 6.07) is 9.94. The van der Waals surface area contributed by atoms with Gasteiger partial charge in [0, 0.05) is 35.5 Å². The van der Waals surface area contributed by atoms with Crippen LogP contribution in [-0.2, 0) is 0 Å². The van der Waals surface area contributed by atoms with E-state index in [9.17, 15) is 5.11 Å². The van der Waals surface area contributed by atoms with Gasteiger partial charge in [-0.15, -0.1) is 47.4 Å². The molecule has 0 amide bonds. The third kappa shape index (κ3) is 5.98. The minimum Gasteiger partial charge on any atom is -0.507 e. The number of aromatic nitrogens is 4. The van der Waals surface area contributed by atoms with Crippen LogP contribution in [0.5, 0.6) is 11.6 Å². The Morgan fingerprint density at radius 2 is 1.70 bits per heavy atom. The second-order valence-corrected chi connectivity index (χ2v) is 7.16. The number of piperidine rings is 1. The van der Waals surface area contributed by atoms with Gasteiger partial charge in [0.15, 0.2) is 0 Å². The molecule has 7 nitrogen and oxygen atoms in total. The first-order valence-corrected chi connectivity index (χ1v) is 9.17. The molecule has 0 radical (unpaired) electrons. The maximum Gasteiger partial charge on any atom is 0.233 e. The molecule has 2 aromatic heterocycles. The molecule has 10 heteroatoms. The number of rotatable bonds is 4. The van der Waals surface area contributed by atoms with E-state index in [2.05, 4.69) is 39.6 Å². The first-order chi connectivity index (χ1) is 13.1. The predicted octanol–water partition coefficient (Wildman–Crippen LogP) is 4.41. The number of phenolic OH excluding ortho intramolecular Hbond substituents is 1. The molecule has 3 N–H and O–H groups in total. The molecule has 1 fully saturated rings. The van der Waals surface area contributed by atoms with E-state index in [1.54, 1.807) is 18.5 Å². The van der Waals surface area contributed by atoms with Gasteiger partial charge in [0.25, 0.3) is 0 Å². The van der Waals surface area contributed by atoms with Crippen molar-refractivity contribution in [2.75, 3.05) is 0 Å². The summed E-state index contributed by atoms with van der Waals surface area (Å²) in [5.74, 6) is 0.664. The molecule has 0 aliphatic carbocycles. The van der Waals surface area contributed by atoms with Gasteiger partial charge in [0.1, 0.15) is 11.9 Å². The number of benzene rings is 1. The number of H-pyrrole nitrogens is 1. The first-order valence-electron chi connectivity index (χ1n) is 9.17. The van der Waals surface area contributed by atoms with Gasteiger partial charge in [-0.3, -0.25) is 5.10 Å². The number of aromatic hydroxyl groups is 1. The Bertz CT molecular complexity index is 899. The van der Waals surface area contributed by atoms with E-state index in [1.807, 2.05) is 24.3 Å². The lowest BCUT2D eigenvalue weighted by molar-refractivity contribution is 0.117. The van der Waals surface area contributed by atoms with Crippen molar-refractivity contribution >= 4 is 37.2 Å². The van der Waals surface area contributed by atoms with Gasteiger partial charge in [-0.05, 0) is 50.5 Å². The highest BCUT2D eigenvalue weighted by Gasteiger charge is 2.25. The summed E-state index contributed by atoms with van der Waals surface area (Å²) in [4.78, 5) is 0. The zero-order chi connectivity index (χ0) is 18.8. The molecular weight excluding hydrogens is 449 g/mol. The van der Waals surface area contributed by atoms with Crippen molar-refractivity contribution in [2.24, 2.45) is 0 Å². The molecule has 2 unspecified atom stereocenters. The minimum absolute atomic E-state index is 0. The third-order valence-electron chi connectivity index (χ3n) is 4.83. The number of ether oxygens (including phenoxy) is 1. The molecule has 3 aromatic rings. The zero-order valence-corrected chi connectivity index (χ0v) is 19.1. The molecule has 0 spiro atoms. The van der Waals surface area contributed by atoms with Gasteiger partial charge < -0.3 is 15.2 Å². The molecule has 1 aliphatic rings. The van der Waals surface area contributed by atoms with Gasteiger partial charge in [0.05, 0.1) is 11.9 Å². The molecule has 4 rings (SSSR count). The minimum atomic E-state index is 0. The summed E-state index contributed by atoms with van der Waals surface area (Å²) in [6.07, 6.45) is 5.53. The van der Waals surface area contributed by atoms with Gasteiger partial charge >= 0.3 is 0 Å². The molecule has 1 aromatic carbocycles. The Morgan fingerprint density at radius 1 is 0.967 bits per heavy atom. The molecule has 1 aliphatic heterocycles. The van der Waals surface area contributed by atoms with Crippen molar-refractivity contribution in [3.63, 3.8) is 0 Å². The van der Waals surface area contributed by atoms with E-state index >= 15 is 0 Å². The highest BCUT2D eigenvalue weighted by atomic mass is 35.5. The van der Waals surface area contributed by atoms with Crippen molar-refractivity contribution in [3.8, 4) is 34.0 Å². The number of halogens is 3. The molecule has 2 atom stereocenters. The van der Waals surface area contributed by atoms with E-state index in [1.165, 1.54) is 0 Å². The van der Waals surface area contributed by atoms with Crippen LogP contribution >= 0.6 is 37.2 Å². The average molecular weight is 475 g/mol. The van der Waals surface area contributed by atoms with E-state index in [0.29, 0.717) is 29.2 Å². The Kier molecular flexibility index (Phi) is 9.84. The maximum absolute atomic E-state index is 10.4. The highest BCUT2D eigenvalue weighted by Crippen LogP contribution is 2.32. The summed E-state index contributed by atoms with van der Waals surface area (Å²) in [7, 11) is 0. The summed E-state index contributed by atoms with van der Waals surface area (Å²) >= 11 is 0. The fraction of sp³-hybridized carbons (Fsp3) is 0.350. The molecule has 3 heterocycles. The number of aromatic amines is 1. The molecule has 1 saturated heterocycles. The smallest absolute Gasteiger partial charge is 0.233 e. The topological polar surface area (TPSA) is 96.0 Å². The second-order valence-electron chi connectivity index (χ2n) is 7.16. The van der Waals surface area contributed by atoms with Crippen LogP contribution in [0, 0.1) is 0 Å². The molecule has 0 bridgehead atoms. The van der Waals surface area contributed by atoms with E-state index in [-0.39, 0.29) is 49.1 Å². The molecular formula is C20H26Cl3N5O2. The van der Waals surface area contributed by atoms with Gasteiger partial charge in [-0.2, -0.15) is 5.10 Å². The lowest BCUT2D eigenvalue weighted by Gasteiger charge is -2.32. The lowest BCUT2D eigenvalue weighted by Crippen LogP contribution is -2.46. The van der Waals surface area contributed by atoms with E-state index in [0.717, 1.165) is 24.0 Å². The fourth-order valence-corrected chi connectivity index (χ4v) is 3.64. The fourth-order valence-electron chi connectivity index (χ4n) is 3.64. The van der Waals surface area contributed by atoms with Crippen molar-refractivity contribution in [1.82, 2.24) is 25.7 Å². The highest BCUT2D eigenvalue weighted by molar-refractivity contribution is 5.86. The van der Waals surface area contributed by atoms with Crippen LogP contribution in [0.15, 0.2) is 42.7 Å². The Morgan fingerprint density at radius 3 is 2.27 bits per heavy atom. The summed E-state index contributed by atoms with van der Waals surface area (Å²) in [5.41, 5.74) is 3.03. The first kappa shape index (κ1) is 26.0. The normalized spacial score (nSPS) is 20.3. The third-order valence-corrected chi connectivity index (χ3v) is 4.83. The molecule has 164 valence electrons. The number of phenols is 1. The summed E-state index contributed by atoms with van der Waals surface area (Å²) in [5, 5.41) is 29.0. The largest absolute Gasteiger partial charge is 0.507 e. The predicted molar refractivity (Wildman–Crippen MR) is 124 cm³/mol. The van der Waals surface area contributed by atoms with Crippen molar-refractivity contribution < 1.29 is 9.84 Å². The lowest BCUT2D eigenvalue weighted by atomic mass is 9.98. The molecule has 30 heavy (non-hydrogen) atoms. The number of hydrogen-bond acceptors (Lipinski definition) is 6. The number of hydrogen-bond donors (Lipinski definition) is 3. The molecule has 0 saturated carbocycles. The quantitative estimate of drug-likeness (QED) is 0.518. The van der Waals surface area contributed by atoms with Crippen LogP contribution in [0.1, 0.15) is 26.7 Å². The van der Waals surface area contributed by atoms with Crippen LogP contribution in [-0.4, -0.2) is 43.7 Å². The standard InChI is InChI=1S/C20H23N5O2.3ClH/c1-12-7-16(8-13(2)23-12)27-20-6-5-18(24-25-20)17-4-3-14(9-19(17)26)15-10-21-22-11-15;;;/h3-6,9-13,16,23,26H,7-8H2,1-2H3,(H,21,22);3*1H. The van der Waals surface area contributed by atoms with Gasteiger partial charge in [-0.1, -0.05) is 6.07 Å².